The lowest BCUT2D eigenvalue weighted by atomic mass is 10.2. The molecule has 0 aliphatic carbocycles. The zero-order valence-electron chi connectivity index (χ0n) is 9.52. The number of para-hydroxylation sites is 1. The van der Waals surface area contributed by atoms with E-state index in [0.29, 0.717) is 0 Å². The molecule has 0 amide bonds. The van der Waals surface area contributed by atoms with Crippen LogP contribution in [-0.2, 0) is 6.04 Å². The van der Waals surface area contributed by atoms with Gasteiger partial charge in [-0.05, 0) is 17.7 Å². The van der Waals surface area contributed by atoms with Gasteiger partial charge in [0.25, 0.3) is 0 Å². The summed E-state index contributed by atoms with van der Waals surface area (Å²) in [4.78, 5) is 0. The van der Waals surface area contributed by atoms with Crippen molar-refractivity contribution in [2.75, 3.05) is 7.11 Å². The summed E-state index contributed by atoms with van der Waals surface area (Å²) in [5, 5.41) is 1.51. The van der Waals surface area contributed by atoms with E-state index in [1.54, 1.807) is 7.11 Å². The summed E-state index contributed by atoms with van der Waals surface area (Å²) in [6, 6.07) is 20.2. The van der Waals surface area contributed by atoms with Crippen LogP contribution in [0.2, 0.25) is 0 Å². The summed E-state index contributed by atoms with van der Waals surface area (Å²) >= 11 is 0. The molecule has 16 heavy (non-hydrogen) atoms. The lowest BCUT2D eigenvalue weighted by Gasteiger charge is -2.07. The SMILES string of the molecule is COc1ccccc1C[SiH2]c1ccccc1. The van der Waals surface area contributed by atoms with Crippen molar-refractivity contribution in [3.05, 3.63) is 60.2 Å². The van der Waals surface area contributed by atoms with E-state index in [2.05, 4.69) is 42.5 Å². The summed E-state index contributed by atoms with van der Waals surface area (Å²) in [7, 11) is 1.52. The first-order valence-corrected chi connectivity index (χ1v) is 7.26. The highest BCUT2D eigenvalue weighted by Gasteiger charge is 2.01. The van der Waals surface area contributed by atoms with Gasteiger partial charge in [-0.3, -0.25) is 0 Å². The van der Waals surface area contributed by atoms with E-state index < -0.39 is 0 Å². The van der Waals surface area contributed by atoms with Crippen LogP contribution in [0.3, 0.4) is 0 Å². The van der Waals surface area contributed by atoms with Gasteiger partial charge in [-0.2, -0.15) is 0 Å². The molecule has 0 spiro atoms. The molecule has 2 aromatic rings. The molecular weight excluding hydrogens is 212 g/mol. The van der Waals surface area contributed by atoms with Crippen LogP contribution in [0.15, 0.2) is 54.6 Å². The minimum atomic E-state index is -0.220. The summed E-state index contributed by atoms with van der Waals surface area (Å²) in [6.45, 7) is 0. The normalized spacial score (nSPS) is 10.8. The third kappa shape index (κ3) is 2.73. The molecule has 0 saturated heterocycles. The highest BCUT2D eigenvalue weighted by molar-refractivity contribution is 6.52. The minimum Gasteiger partial charge on any atom is -0.496 e. The Kier molecular flexibility index (Phi) is 3.78. The maximum atomic E-state index is 5.36. The largest absolute Gasteiger partial charge is 0.496 e. The molecular formula is C14H16OSi. The van der Waals surface area contributed by atoms with Crippen LogP contribution >= 0.6 is 0 Å². The van der Waals surface area contributed by atoms with Gasteiger partial charge < -0.3 is 4.74 Å². The summed E-state index contributed by atoms with van der Waals surface area (Å²) in [6.07, 6.45) is 0. The van der Waals surface area contributed by atoms with E-state index >= 15 is 0 Å². The number of methoxy groups -OCH3 is 1. The van der Waals surface area contributed by atoms with Crippen molar-refractivity contribution in [2.45, 2.75) is 6.04 Å². The molecule has 2 rings (SSSR count). The Morgan fingerprint density at radius 1 is 0.938 bits per heavy atom. The van der Waals surface area contributed by atoms with Gasteiger partial charge in [0.1, 0.15) is 5.75 Å². The van der Waals surface area contributed by atoms with Crippen LogP contribution in [0, 0.1) is 0 Å². The highest BCUT2D eigenvalue weighted by Crippen LogP contribution is 2.16. The fourth-order valence-electron chi connectivity index (χ4n) is 1.83. The first kappa shape index (κ1) is 11.0. The zero-order valence-corrected chi connectivity index (χ0v) is 10.9. The third-order valence-corrected chi connectivity index (χ3v) is 4.56. The van der Waals surface area contributed by atoms with E-state index in [0.717, 1.165) is 11.8 Å². The third-order valence-electron chi connectivity index (χ3n) is 2.72. The van der Waals surface area contributed by atoms with Gasteiger partial charge in [-0.25, -0.2) is 0 Å². The van der Waals surface area contributed by atoms with Gasteiger partial charge in [0.15, 0.2) is 0 Å². The van der Waals surface area contributed by atoms with Gasteiger partial charge in [-0.15, -0.1) is 0 Å². The van der Waals surface area contributed by atoms with Crippen molar-refractivity contribution in [3.63, 3.8) is 0 Å². The fourth-order valence-corrected chi connectivity index (χ4v) is 3.41. The maximum Gasteiger partial charge on any atom is 0.121 e. The van der Waals surface area contributed by atoms with Gasteiger partial charge >= 0.3 is 0 Å². The van der Waals surface area contributed by atoms with E-state index in [1.807, 2.05) is 12.1 Å². The monoisotopic (exact) mass is 228 g/mol. The molecule has 0 saturated carbocycles. The van der Waals surface area contributed by atoms with E-state index in [-0.39, 0.29) is 9.52 Å². The Balaban J connectivity index is 2.05. The van der Waals surface area contributed by atoms with Crippen molar-refractivity contribution in [1.29, 1.82) is 0 Å². The molecule has 0 radical (unpaired) electrons. The van der Waals surface area contributed by atoms with Crippen LogP contribution in [0.25, 0.3) is 0 Å². The molecule has 82 valence electrons. The second kappa shape index (κ2) is 5.52. The summed E-state index contributed by atoms with van der Waals surface area (Å²) in [5.74, 6) is 1.02. The Morgan fingerprint density at radius 3 is 2.38 bits per heavy atom. The minimum absolute atomic E-state index is 0.220. The fraction of sp³-hybridized carbons (Fsp3) is 0.143. The van der Waals surface area contributed by atoms with Crippen molar-refractivity contribution in [2.24, 2.45) is 0 Å². The predicted octanol–water partition coefficient (Wildman–Crippen LogP) is 1.69. The van der Waals surface area contributed by atoms with Crippen LogP contribution in [0.1, 0.15) is 5.56 Å². The first-order chi connectivity index (χ1) is 7.90. The molecule has 0 heterocycles. The van der Waals surface area contributed by atoms with Crippen LogP contribution < -0.4 is 9.92 Å². The van der Waals surface area contributed by atoms with Crippen LogP contribution in [-0.4, -0.2) is 16.6 Å². The Hall–Kier alpha value is -1.54. The molecule has 0 aliphatic heterocycles. The second-order valence-electron chi connectivity index (χ2n) is 3.80. The Morgan fingerprint density at radius 2 is 1.62 bits per heavy atom. The lowest BCUT2D eigenvalue weighted by Crippen LogP contribution is -2.16. The summed E-state index contributed by atoms with van der Waals surface area (Å²) < 4.78 is 5.36. The number of benzene rings is 2. The van der Waals surface area contributed by atoms with Crippen molar-refractivity contribution >= 4 is 14.7 Å². The average Bonchev–Trinajstić information content (AvgIpc) is 2.38. The predicted molar refractivity (Wildman–Crippen MR) is 71.3 cm³/mol. The molecule has 0 unspecified atom stereocenters. The molecule has 0 aliphatic rings. The summed E-state index contributed by atoms with van der Waals surface area (Å²) in [5.41, 5.74) is 1.33. The molecule has 1 nitrogen and oxygen atoms in total. The number of hydrogen-bond donors (Lipinski definition) is 0. The van der Waals surface area contributed by atoms with Gasteiger partial charge in [0, 0.05) is 0 Å². The average molecular weight is 228 g/mol. The van der Waals surface area contributed by atoms with Crippen molar-refractivity contribution in [1.82, 2.24) is 0 Å². The van der Waals surface area contributed by atoms with Crippen molar-refractivity contribution in [3.8, 4) is 5.75 Å². The second-order valence-corrected chi connectivity index (χ2v) is 5.61. The Bertz CT molecular complexity index is 439. The number of rotatable bonds is 4. The van der Waals surface area contributed by atoms with E-state index in [1.165, 1.54) is 10.8 Å². The quantitative estimate of drug-likeness (QED) is 0.724. The topological polar surface area (TPSA) is 9.23 Å². The van der Waals surface area contributed by atoms with Gasteiger partial charge in [0.05, 0.1) is 16.6 Å². The standard InChI is InChI=1S/C14H16OSi/c1-15-14-10-6-5-7-12(14)11-16-13-8-3-2-4-9-13/h2-10H,11,16H2,1H3. The molecule has 0 atom stereocenters. The molecule has 0 bridgehead atoms. The molecule has 2 heteroatoms. The smallest absolute Gasteiger partial charge is 0.121 e. The van der Waals surface area contributed by atoms with Gasteiger partial charge in [0.2, 0.25) is 0 Å². The van der Waals surface area contributed by atoms with E-state index in [4.69, 9.17) is 4.74 Å². The maximum absolute atomic E-state index is 5.36. The number of hydrogen-bond acceptors (Lipinski definition) is 1. The van der Waals surface area contributed by atoms with Crippen LogP contribution in [0.5, 0.6) is 5.75 Å². The molecule has 0 N–H and O–H groups in total. The zero-order chi connectivity index (χ0) is 11.2. The molecule has 0 aromatic heterocycles. The Labute approximate surface area is 98.9 Å². The van der Waals surface area contributed by atoms with Crippen LogP contribution in [0.4, 0.5) is 0 Å². The van der Waals surface area contributed by atoms with Crippen molar-refractivity contribution < 1.29 is 4.74 Å². The molecule has 2 aromatic carbocycles. The van der Waals surface area contributed by atoms with Gasteiger partial charge in [-0.1, -0.05) is 53.7 Å². The molecule has 0 fully saturated rings. The number of ether oxygens (including phenoxy) is 1. The van der Waals surface area contributed by atoms with E-state index in [9.17, 15) is 0 Å². The first-order valence-electron chi connectivity index (χ1n) is 5.56. The highest BCUT2D eigenvalue weighted by atomic mass is 28.2. The lowest BCUT2D eigenvalue weighted by molar-refractivity contribution is 0.411.